The van der Waals surface area contributed by atoms with Crippen LogP contribution in [0.3, 0.4) is 0 Å². The number of ketones is 1. The third kappa shape index (κ3) is 4.13. The summed E-state index contributed by atoms with van der Waals surface area (Å²) in [5.41, 5.74) is 1.68. The zero-order valence-corrected chi connectivity index (χ0v) is 14.9. The largest absolute Gasteiger partial charge is 0.456 e. The van der Waals surface area contributed by atoms with Gasteiger partial charge in [0.2, 0.25) is 0 Å². The predicted molar refractivity (Wildman–Crippen MR) is 97.3 cm³/mol. The molecule has 0 aliphatic heterocycles. The van der Waals surface area contributed by atoms with Gasteiger partial charge in [-0.15, -0.1) is 11.3 Å². The van der Waals surface area contributed by atoms with E-state index in [1.807, 2.05) is 12.3 Å². The Labute approximate surface area is 154 Å². The van der Waals surface area contributed by atoms with Crippen molar-refractivity contribution in [3.05, 3.63) is 86.3 Å². The standard InChI is InChI=1S/C19H14ClNO3S/c1-12-21-15(11-25-12)10-24-19(23)17-5-3-2-4-16(17)18(22)13-6-8-14(20)9-7-13/h2-9,11H,10H2,1H3. The van der Waals surface area contributed by atoms with E-state index in [2.05, 4.69) is 4.98 Å². The van der Waals surface area contributed by atoms with Crippen LogP contribution in [0.4, 0.5) is 0 Å². The Morgan fingerprint density at radius 1 is 1.08 bits per heavy atom. The van der Waals surface area contributed by atoms with Gasteiger partial charge in [0.25, 0.3) is 0 Å². The molecule has 0 saturated carbocycles. The van der Waals surface area contributed by atoms with E-state index in [0.29, 0.717) is 21.8 Å². The summed E-state index contributed by atoms with van der Waals surface area (Å²) in [5.74, 6) is -0.808. The van der Waals surface area contributed by atoms with E-state index in [-0.39, 0.29) is 18.0 Å². The van der Waals surface area contributed by atoms with Crippen molar-refractivity contribution in [3.8, 4) is 0 Å². The first kappa shape index (κ1) is 17.3. The fourth-order valence-electron chi connectivity index (χ4n) is 2.31. The minimum Gasteiger partial charge on any atom is -0.456 e. The van der Waals surface area contributed by atoms with Crippen molar-refractivity contribution in [2.45, 2.75) is 13.5 Å². The molecule has 0 bridgehead atoms. The van der Waals surface area contributed by atoms with Crippen LogP contribution in [0.2, 0.25) is 5.02 Å². The zero-order chi connectivity index (χ0) is 17.8. The normalized spacial score (nSPS) is 10.5. The van der Waals surface area contributed by atoms with Crippen LogP contribution in [-0.2, 0) is 11.3 Å². The van der Waals surface area contributed by atoms with Gasteiger partial charge in [-0.2, -0.15) is 0 Å². The van der Waals surface area contributed by atoms with Crippen molar-refractivity contribution in [2.24, 2.45) is 0 Å². The number of aromatic nitrogens is 1. The Morgan fingerprint density at radius 3 is 2.40 bits per heavy atom. The molecule has 3 rings (SSSR count). The number of nitrogens with zero attached hydrogens (tertiary/aromatic N) is 1. The second-order valence-corrected chi connectivity index (χ2v) is 6.81. The Balaban J connectivity index is 1.81. The molecule has 6 heteroatoms. The summed E-state index contributed by atoms with van der Waals surface area (Å²) in [6, 6.07) is 13.1. The number of ether oxygens (including phenoxy) is 1. The van der Waals surface area contributed by atoms with Crippen molar-refractivity contribution < 1.29 is 14.3 Å². The van der Waals surface area contributed by atoms with Crippen LogP contribution in [-0.4, -0.2) is 16.7 Å². The van der Waals surface area contributed by atoms with Gasteiger partial charge in [-0.25, -0.2) is 9.78 Å². The van der Waals surface area contributed by atoms with Gasteiger partial charge >= 0.3 is 5.97 Å². The van der Waals surface area contributed by atoms with E-state index in [0.717, 1.165) is 5.01 Å². The third-order valence-electron chi connectivity index (χ3n) is 3.52. The Hall–Kier alpha value is -2.50. The lowest BCUT2D eigenvalue weighted by Crippen LogP contribution is -2.12. The number of hydrogen-bond acceptors (Lipinski definition) is 5. The van der Waals surface area contributed by atoms with Crippen molar-refractivity contribution >= 4 is 34.7 Å². The molecule has 1 heterocycles. The maximum absolute atomic E-state index is 12.7. The van der Waals surface area contributed by atoms with Crippen LogP contribution in [0.1, 0.15) is 37.0 Å². The van der Waals surface area contributed by atoms with Crippen LogP contribution < -0.4 is 0 Å². The molecule has 0 aliphatic rings. The van der Waals surface area contributed by atoms with Gasteiger partial charge in [0.05, 0.1) is 16.3 Å². The minimum absolute atomic E-state index is 0.0760. The highest BCUT2D eigenvalue weighted by atomic mass is 35.5. The summed E-state index contributed by atoms with van der Waals surface area (Å²) in [7, 11) is 0. The average Bonchev–Trinajstić information content (AvgIpc) is 3.05. The summed E-state index contributed by atoms with van der Waals surface area (Å²) >= 11 is 7.35. The SMILES string of the molecule is Cc1nc(COC(=O)c2ccccc2C(=O)c2ccc(Cl)cc2)cs1. The van der Waals surface area contributed by atoms with Gasteiger partial charge in [0, 0.05) is 21.5 Å². The van der Waals surface area contributed by atoms with Crippen LogP contribution in [0.15, 0.2) is 53.9 Å². The molecule has 0 fully saturated rings. The van der Waals surface area contributed by atoms with Crippen LogP contribution in [0.5, 0.6) is 0 Å². The first-order valence-electron chi connectivity index (χ1n) is 7.52. The number of halogens is 1. The minimum atomic E-state index is -0.552. The second kappa shape index (κ2) is 7.59. The number of esters is 1. The molecular weight excluding hydrogens is 358 g/mol. The molecule has 0 spiro atoms. The molecule has 4 nitrogen and oxygen atoms in total. The summed E-state index contributed by atoms with van der Waals surface area (Å²) in [4.78, 5) is 29.4. The van der Waals surface area contributed by atoms with E-state index in [1.165, 1.54) is 11.3 Å². The van der Waals surface area contributed by atoms with E-state index < -0.39 is 5.97 Å². The molecule has 0 unspecified atom stereocenters. The first-order chi connectivity index (χ1) is 12.0. The molecule has 0 amide bonds. The highest BCUT2D eigenvalue weighted by Gasteiger charge is 2.19. The summed E-state index contributed by atoms with van der Waals surface area (Å²) < 4.78 is 5.31. The highest BCUT2D eigenvalue weighted by Crippen LogP contribution is 2.18. The molecule has 0 N–H and O–H groups in total. The van der Waals surface area contributed by atoms with E-state index in [4.69, 9.17) is 16.3 Å². The van der Waals surface area contributed by atoms with Gasteiger partial charge in [-0.1, -0.05) is 29.8 Å². The van der Waals surface area contributed by atoms with Gasteiger partial charge in [0.1, 0.15) is 6.61 Å². The van der Waals surface area contributed by atoms with Gasteiger partial charge in [-0.3, -0.25) is 4.79 Å². The number of rotatable bonds is 5. The van der Waals surface area contributed by atoms with Gasteiger partial charge in [0.15, 0.2) is 5.78 Å². The zero-order valence-electron chi connectivity index (χ0n) is 13.4. The smallest absolute Gasteiger partial charge is 0.339 e. The molecule has 0 aliphatic carbocycles. The van der Waals surface area contributed by atoms with E-state index >= 15 is 0 Å². The number of thiazole rings is 1. The maximum Gasteiger partial charge on any atom is 0.339 e. The number of benzene rings is 2. The van der Waals surface area contributed by atoms with Gasteiger partial charge in [-0.05, 0) is 37.3 Å². The maximum atomic E-state index is 12.7. The lowest BCUT2D eigenvalue weighted by atomic mass is 9.98. The topological polar surface area (TPSA) is 56.3 Å². The molecule has 0 atom stereocenters. The molecule has 0 saturated heterocycles. The van der Waals surface area contributed by atoms with Crippen molar-refractivity contribution in [3.63, 3.8) is 0 Å². The quantitative estimate of drug-likeness (QED) is 0.482. The third-order valence-corrected chi connectivity index (χ3v) is 4.59. The van der Waals surface area contributed by atoms with Crippen LogP contribution in [0, 0.1) is 6.92 Å². The van der Waals surface area contributed by atoms with E-state index in [1.54, 1.807) is 48.5 Å². The van der Waals surface area contributed by atoms with E-state index in [9.17, 15) is 9.59 Å². The second-order valence-electron chi connectivity index (χ2n) is 5.32. The van der Waals surface area contributed by atoms with Gasteiger partial charge < -0.3 is 4.74 Å². The average molecular weight is 372 g/mol. The Bertz CT molecular complexity index is 918. The lowest BCUT2D eigenvalue weighted by Gasteiger charge is -2.08. The summed E-state index contributed by atoms with van der Waals surface area (Å²) in [5, 5.41) is 3.29. The molecule has 1 aromatic heterocycles. The monoisotopic (exact) mass is 371 g/mol. The molecule has 25 heavy (non-hydrogen) atoms. The summed E-state index contributed by atoms with van der Waals surface area (Å²) in [6.07, 6.45) is 0. The van der Waals surface area contributed by atoms with Crippen molar-refractivity contribution in [1.29, 1.82) is 0 Å². The highest BCUT2D eigenvalue weighted by molar-refractivity contribution is 7.09. The first-order valence-corrected chi connectivity index (χ1v) is 8.78. The molecule has 126 valence electrons. The number of aryl methyl sites for hydroxylation is 1. The van der Waals surface area contributed by atoms with Crippen molar-refractivity contribution in [2.75, 3.05) is 0 Å². The van der Waals surface area contributed by atoms with Crippen LogP contribution >= 0.6 is 22.9 Å². The van der Waals surface area contributed by atoms with Crippen molar-refractivity contribution in [1.82, 2.24) is 4.98 Å². The molecule has 0 radical (unpaired) electrons. The predicted octanol–water partition coefficient (Wildman–Crippen LogP) is 4.69. The summed E-state index contributed by atoms with van der Waals surface area (Å²) in [6.45, 7) is 1.96. The number of carbonyl (C=O) groups excluding carboxylic acids is 2. The Kier molecular flexibility index (Phi) is 5.26. The fourth-order valence-corrected chi connectivity index (χ4v) is 3.03. The molecule has 2 aromatic carbocycles. The number of hydrogen-bond donors (Lipinski definition) is 0. The molecule has 3 aromatic rings. The lowest BCUT2D eigenvalue weighted by molar-refractivity contribution is 0.0465. The number of carbonyl (C=O) groups is 2. The fraction of sp³-hybridized carbons (Fsp3) is 0.105. The van der Waals surface area contributed by atoms with Crippen LogP contribution in [0.25, 0.3) is 0 Å². The molecular formula is C19H14ClNO3S. The Morgan fingerprint density at radius 2 is 1.76 bits per heavy atom.